The first kappa shape index (κ1) is 19.7. The minimum Gasteiger partial charge on any atom is -0.465 e. The van der Waals surface area contributed by atoms with Crippen LogP contribution in [0, 0.1) is 17.2 Å². The molecule has 0 bridgehead atoms. The maximum atomic E-state index is 11.4. The highest BCUT2D eigenvalue weighted by Crippen LogP contribution is 2.11. The molecule has 0 radical (unpaired) electrons. The van der Waals surface area contributed by atoms with Crippen molar-refractivity contribution >= 4 is 5.97 Å². The Kier molecular flexibility index (Phi) is 14.2. The second-order valence-corrected chi connectivity index (χ2v) is 5.40. The molecule has 0 aromatic carbocycles. The smallest absolute Gasteiger partial charge is 0.327 e. The first-order valence-electron chi connectivity index (χ1n) is 8.49. The summed E-state index contributed by atoms with van der Waals surface area (Å²) in [6, 6.07) is 1.96. The van der Waals surface area contributed by atoms with E-state index >= 15 is 0 Å². The molecule has 1 unspecified atom stereocenters. The van der Waals surface area contributed by atoms with Gasteiger partial charge in [-0.25, -0.2) is 0 Å². The molecule has 0 aromatic rings. The van der Waals surface area contributed by atoms with Crippen LogP contribution in [-0.4, -0.2) is 12.6 Å². The maximum Gasteiger partial charge on any atom is 0.327 e. The number of nitrogens with zero attached hydrogens (tertiary/aromatic N) is 1. The van der Waals surface area contributed by atoms with Crippen LogP contribution in [0.5, 0.6) is 0 Å². The molecule has 0 fully saturated rings. The van der Waals surface area contributed by atoms with E-state index in [4.69, 9.17) is 10.00 Å². The van der Waals surface area contributed by atoms with E-state index in [1.54, 1.807) is 13.0 Å². The van der Waals surface area contributed by atoms with Crippen LogP contribution in [-0.2, 0) is 9.53 Å². The molecule has 0 aliphatic heterocycles. The molecule has 0 heterocycles. The Morgan fingerprint density at radius 3 is 2.14 bits per heavy atom. The fraction of sp³-hybridized carbons (Fsp3) is 0.778. The summed E-state index contributed by atoms with van der Waals surface area (Å²) < 4.78 is 4.83. The van der Waals surface area contributed by atoms with Gasteiger partial charge in [0.1, 0.15) is 0 Å². The zero-order valence-electron chi connectivity index (χ0n) is 13.8. The van der Waals surface area contributed by atoms with Crippen molar-refractivity contribution in [2.45, 2.75) is 78.1 Å². The highest BCUT2D eigenvalue weighted by Gasteiger charge is 2.14. The lowest BCUT2D eigenvalue weighted by Gasteiger charge is -2.03. The van der Waals surface area contributed by atoms with Crippen molar-refractivity contribution in [2.24, 2.45) is 5.92 Å². The van der Waals surface area contributed by atoms with Crippen molar-refractivity contribution in [3.05, 3.63) is 12.2 Å². The normalized spacial score (nSPS) is 12.2. The average molecular weight is 293 g/mol. The number of rotatable bonds is 13. The summed E-state index contributed by atoms with van der Waals surface area (Å²) in [4.78, 5) is 11.4. The van der Waals surface area contributed by atoms with Gasteiger partial charge in [-0.15, -0.1) is 0 Å². The van der Waals surface area contributed by atoms with Crippen LogP contribution in [0.3, 0.4) is 0 Å². The summed E-state index contributed by atoms with van der Waals surface area (Å²) in [5, 5.41) is 8.88. The highest BCUT2D eigenvalue weighted by molar-refractivity contribution is 5.77. The minimum absolute atomic E-state index is 0.323. The van der Waals surface area contributed by atoms with Crippen LogP contribution < -0.4 is 0 Å². The lowest BCUT2D eigenvalue weighted by atomic mass is 10.1. The SMILES string of the molecule is CCCCCCCCCCC/C=C/C(C#N)C(=O)OCC. The molecular formula is C18H31NO2. The Morgan fingerprint density at radius 2 is 1.62 bits per heavy atom. The van der Waals surface area contributed by atoms with Crippen molar-refractivity contribution in [3.8, 4) is 6.07 Å². The van der Waals surface area contributed by atoms with Crippen molar-refractivity contribution in [2.75, 3.05) is 6.61 Å². The Morgan fingerprint density at radius 1 is 1.05 bits per heavy atom. The van der Waals surface area contributed by atoms with Gasteiger partial charge >= 0.3 is 5.97 Å². The van der Waals surface area contributed by atoms with E-state index in [0.717, 1.165) is 12.8 Å². The van der Waals surface area contributed by atoms with Gasteiger partial charge in [-0.1, -0.05) is 70.4 Å². The van der Waals surface area contributed by atoms with Gasteiger partial charge < -0.3 is 4.74 Å². The molecule has 21 heavy (non-hydrogen) atoms. The van der Waals surface area contributed by atoms with Crippen LogP contribution in [0.2, 0.25) is 0 Å². The number of carbonyl (C=O) groups excluding carboxylic acids is 1. The van der Waals surface area contributed by atoms with Crippen LogP contribution in [0.1, 0.15) is 78.1 Å². The Bertz CT molecular complexity index is 318. The molecule has 0 amide bonds. The lowest BCUT2D eigenvalue weighted by Crippen LogP contribution is -2.13. The third-order valence-electron chi connectivity index (χ3n) is 3.48. The highest BCUT2D eigenvalue weighted by atomic mass is 16.5. The summed E-state index contributed by atoms with van der Waals surface area (Å²) in [7, 11) is 0. The van der Waals surface area contributed by atoms with Gasteiger partial charge in [0.15, 0.2) is 5.92 Å². The van der Waals surface area contributed by atoms with Gasteiger partial charge in [0, 0.05) is 0 Å². The molecular weight excluding hydrogens is 262 g/mol. The number of hydrogen-bond acceptors (Lipinski definition) is 3. The van der Waals surface area contributed by atoms with Gasteiger partial charge in [-0.3, -0.25) is 4.79 Å². The molecule has 0 aromatic heterocycles. The fourth-order valence-corrected chi connectivity index (χ4v) is 2.21. The first-order chi connectivity index (χ1) is 10.3. The van der Waals surface area contributed by atoms with E-state index in [1.807, 2.05) is 12.1 Å². The number of hydrogen-bond donors (Lipinski definition) is 0. The topological polar surface area (TPSA) is 50.1 Å². The monoisotopic (exact) mass is 293 g/mol. The molecule has 1 atom stereocenters. The number of carbonyl (C=O) groups is 1. The van der Waals surface area contributed by atoms with Crippen molar-refractivity contribution in [1.29, 1.82) is 5.26 Å². The maximum absolute atomic E-state index is 11.4. The van der Waals surface area contributed by atoms with E-state index in [-0.39, 0.29) is 0 Å². The molecule has 0 aliphatic carbocycles. The van der Waals surface area contributed by atoms with Crippen LogP contribution in [0.4, 0.5) is 0 Å². The molecule has 0 spiro atoms. The molecule has 0 saturated heterocycles. The van der Waals surface area contributed by atoms with E-state index in [2.05, 4.69) is 6.92 Å². The van der Waals surface area contributed by atoms with Gasteiger partial charge in [0.05, 0.1) is 12.7 Å². The molecule has 0 aliphatic rings. The number of nitriles is 1. The second kappa shape index (κ2) is 15.1. The van der Waals surface area contributed by atoms with Gasteiger partial charge in [0.2, 0.25) is 0 Å². The molecule has 120 valence electrons. The second-order valence-electron chi connectivity index (χ2n) is 5.40. The van der Waals surface area contributed by atoms with E-state index in [9.17, 15) is 4.79 Å². The van der Waals surface area contributed by atoms with Crippen LogP contribution in [0.25, 0.3) is 0 Å². The largest absolute Gasteiger partial charge is 0.465 e. The zero-order valence-corrected chi connectivity index (χ0v) is 13.8. The third kappa shape index (κ3) is 12.2. The van der Waals surface area contributed by atoms with Crippen LogP contribution >= 0.6 is 0 Å². The Labute approximate surface area is 130 Å². The number of esters is 1. The number of unbranched alkanes of at least 4 members (excludes halogenated alkanes) is 9. The Hall–Kier alpha value is -1.30. The zero-order chi connectivity index (χ0) is 15.8. The molecule has 0 N–H and O–H groups in total. The van der Waals surface area contributed by atoms with Crippen molar-refractivity contribution < 1.29 is 9.53 Å². The average Bonchev–Trinajstić information content (AvgIpc) is 2.48. The van der Waals surface area contributed by atoms with Crippen LogP contribution in [0.15, 0.2) is 12.2 Å². The van der Waals surface area contributed by atoms with Crippen molar-refractivity contribution in [3.63, 3.8) is 0 Å². The van der Waals surface area contributed by atoms with E-state index < -0.39 is 11.9 Å². The summed E-state index contributed by atoms with van der Waals surface area (Å²) in [5.74, 6) is -1.19. The molecule has 0 rings (SSSR count). The quantitative estimate of drug-likeness (QED) is 0.267. The fourth-order valence-electron chi connectivity index (χ4n) is 2.21. The predicted molar refractivity (Wildman–Crippen MR) is 86.7 cm³/mol. The summed E-state index contributed by atoms with van der Waals surface area (Å²) in [6.07, 6.45) is 16.3. The standard InChI is InChI=1S/C18H31NO2/c1-3-5-6-7-8-9-10-11-12-13-14-15-17(16-19)18(20)21-4-2/h14-15,17H,3-13H2,1-2H3/b15-14+. The van der Waals surface area contributed by atoms with Crippen molar-refractivity contribution in [1.82, 2.24) is 0 Å². The van der Waals surface area contributed by atoms with Gasteiger partial charge in [-0.2, -0.15) is 5.26 Å². The summed E-state index contributed by atoms with van der Waals surface area (Å²) in [6.45, 7) is 4.31. The van der Waals surface area contributed by atoms with E-state index in [1.165, 1.54) is 51.4 Å². The first-order valence-corrected chi connectivity index (χ1v) is 8.49. The van der Waals surface area contributed by atoms with Gasteiger partial charge in [0.25, 0.3) is 0 Å². The molecule has 0 saturated carbocycles. The predicted octanol–water partition coefficient (Wildman–Crippen LogP) is 5.17. The Balaban J connectivity index is 3.50. The molecule has 3 heteroatoms. The third-order valence-corrected chi connectivity index (χ3v) is 3.48. The van der Waals surface area contributed by atoms with E-state index in [0.29, 0.717) is 6.61 Å². The number of ether oxygens (including phenoxy) is 1. The summed E-state index contributed by atoms with van der Waals surface area (Å²) in [5.41, 5.74) is 0. The number of allylic oxidation sites excluding steroid dienone is 1. The van der Waals surface area contributed by atoms with Gasteiger partial charge in [-0.05, 0) is 19.8 Å². The summed E-state index contributed by atoms with van der Waals surface area (Å²) >= 11 is 0. The minimum atomic E-state index is -0.747. The molecule has 3 nitrogen and oxygen atoms in total. The lowest BCUT2D eigenvalue weighted by molar-refractivity contribution is -0.144.